The Bertz CT molecular complexity index is 452. The highest BCUT2D eigenvalue weighted by molar-refractivity contribution is 6.47. The summed E-state index contributed by atoms with van der Waals surface area (Å²) < 4.78 is 12.4. The van der Waals surface area contributed by atoms with Crippen LogP contribution in [0.25, 0.3) is 0 Å². The quantitative estimate of drug-likeness (QED) is 0.757. The molecule has 3 heteroatoms. The fourth-order valence-electron chi connectivity index (χ4n) is 2.66. The van der Waals surface area contributed by atoms with Crippen LogP contribution in [0.15, 0.2) is 24.3 Å². The van der Waals surface area contributed by atoms with Gasteiger partial charge in [-0.05, 0) is 52.4 Å². The third-order valence-electron chi connectivity index (χ3n) is 4.76. The molecule has 1 atom stereocenters. The first-order chi connectivity index (χ1) is 9.25. The minimum absolute atomic E-state index is 0.106. The van der Waals surface area contributed by atoms with Crippen LogP contribution in [0.1, 0.15) is 52.2 Å². The van der Waals surface area contributed by atoms with Gasteiger partial charge in [-0.3, -0.25) is 0 Å². The molecule has 110 valence electrons. The molecule has 0 saturated carbocycles. The summed E-state index contributed by atoms with van der Waals surface area (Å²) in [5.41, 5.74) is 2.20. The van der Waals surface area contributed by atoms with Crippen molar-refractivity contribution >= 4 is 7.12 Å². The maximum absolute atomic E-state index is 6.20. The van der Waals surface area contributed by atoms with Crippen molar-refractivity contribution in [1.82, 2.24) is 0 Å². The van der Waals surface area contributed by atoms with Gasteiger partial charge < -0.3 is 9.31 Å². The maximum atomic E-state index is 6.20. The molecule has 1 aromatic rings. The molecule has 1 aliphatic heterocycles. The van der Waals surface area contributed by atoms with Crippen molar-refractivity contribution < 1.29 is 9.31 Å². The van der Waals surface area contributed by atoms with E-state index in [1.165, 1.54) is 11.1 Å². The average Bonchev–Trinajstić information content (AvgIpc) is 2.55. The smallest absolute Gasteiger partial charge is 0.403 e. The summed E-state index contributed by atoms with van der Waals surface area (Å²) in [6, 6.07) is 8.72. The zero-order valence-electron chi connectivity index (χ0n) is 13.7. The Morgan fingerprint density at radius 3 is 2.20 bits per heavy atom. The van der Waals surface area contributed by atoms with Crippen LogP contribution in [-0.2, 0) is 15.7 Å². The van der Waals surface area contributed by atoms with Gasteiger partial charge in [0, 0.05) is 0 Å². The molecule has 20 heavy (non-hydrogen) atoms. The minimum atomic E-state index is -0.238. The second-order valence-corrected chi connectivity index (χ2v) is 6.99. The lowest BCUT2D eigenvalue weighted by molar-refractivity contribution is 0.00578. The van der Waals surface area contributed by atoms with Gasteiger partial charge in [-0.25, -0.2) is 0 Å². The van der Waals surface area contributed by atoms with Crippen LogP contribution >= 0.6 is 0 Å². The molecule has 0 radical (unpaired) electrons. The topological polar surface area (TPSA) is 18.5 Å². The van der Waals surface area contributed by atoms with Crippen LogP contribution in [-0.4, -0.2) is 18.3 Å². The van der Waals surface area contributed by atoms with Gasteiger partial charge in [-0.15, -0.1) is 0 Å². The molecule has 1 saturated heterocycles. The van der Waals surface area contributed by atoms with Crippen LogP contribution in [0.4, 0.5) is 0 Å². The van der Waals surface area contributed by atoms with Gasteiger partial charge >= 0.3 is 7.12 Å². The highest BCUT2D eigenvalue weighted by Gasteiger charge is 2.53. The van der Waals surface area contributed by atoms with E-state index in [9.17, 15) is 0 Å². The summed E-state index contributed by atoms with van der Waals surface area (Å²) >= 11 is 0. The molecule has 0 aliphatic carbocycles. The molecule has 1 unspecified atom stereocenters. The average molecular weight is 274 g/mol. The van der Waals surface area contributed by atoms with Crippen molar-refractivity contribution in [1.29, 1.82) is 0 Å². The second kappa shape index (κ2) is 5.53. The van der Waals surface area contributed by atoms with Crippen molar-refractivity contribution in [3.63, 3.8) is 0 Å². The summed E-state index contributed by atoms with van der Waals surface area (Å²) in [5.74, 6) is 0.401. The van der Waals surface area contributed by atoms with Crippen molar-refractivity contribution in [2.24, 2.45) is 0 Å². The molecule has 1 aliphatic rings. The highest BCUT2D eigenvalue weighted by Crippen LogP contribution is 2.41. The Labute approximate surface area is 124 Å². The molecule has 1 heterocycles. The Balaban J connectivity index is 2.10. The van der Waals surface area contributed by atoms with Gasteiger partial charge in [0.2, 0.25) is 0 Å². The molecule has 2 rings (SSSR count). The molecular weight excluding hydrogens is 247 g/mol. The first-order valence-electron chi connectivity index (χ1n) is 7.66. The fraction of sp³-hybridized carbons (Fsp3) is 0.647. The summed E-state index contributed by atoms with van der Waals surface area (Å²) in [4.78, 5) is 0. The molecule has 0 N–H and O–H groups in total. The molecule has 0 amide bonds. The minimum Gasteiger partial charge on any atom is -0.403 e. The SMILES string of the molecule is CCC(Cc1cccc(C)c1)B1OC(C)(C)C(C)(C)O1. The summed E-state index contributed by atoms with van der Waals surface area (Å²) in [6.45, 7) is 12.8. The number of hydrogen-bond acceptors (Lipinski definition) is 2. The van der Waals surface area contributed by atoms with Crippen LogP contribution in [0, 0.1) is 6.92 Å². The Morgan fingerprint density at radius 1 is 1.10 bits per heavy atom. The zero-order chi connectivity index (χ0) is 15.0. The molecule has 0 bridgehead atoms. The lowest BCUT2D eigenvalue weighted by Gasteiger charge is -2.32. The maximum Gasteiger partial charge on any atom is 0.461 e. The third-order valence-corrected chi connectivity index (χ3v) is 4.76. The number of benzene rings is 1. The summed E-state index contributed by atoms with van der Waals surface area (Å²) in [7, 11) is -0.106. The monoisotopic (exact) mass is 274 g/mol. The van der Waals surface area contributed by atoms with E-state index in [2.05, 4.69) is 65.8 Å². The Hall–Kier alpha value is -0.795. The summed E-state index contributed by atoms with van der Waals surface area (Å²) in [5, 5.41) is 0. The first-order valence-corrected chi connectivity index (χ1v) is 7.66. The molecule has 0 spiro atoms. The zero-order valence-corrected chi connectivity index (χ0v) is 13.7. The van der Waals surface area contributed by atoms with E-state index in [4.69, 9.17) is 9.31 Å². The van der Waals surface area contributed by atoms with Gasteiger partial charge in [0.05, 0.1) is 11.2 Å². The lowest BCUT2D eigenvalue weighted by atomic mass is 9.67. The third kappa shape index (κ3) is 3.10. The molecule has 0 aromatic heterocycles. The van der Waals surface area contributed by atoms with Crippen LogP contribution in [0.2, 0.25) is 5.82 Å². The number of hydrogen-bond donors (Lipinski definition) is 0. The van der Waals surface area contributed by atoms with E-state index in [1.807, 2.05) is 0 Å². The summed E-state index contributed by atoms with van der Waals surface area (Å²) in [6.07, 6.45) is 2.07. The van der Waals surface area contributed by atoms with Crippen molar-refractivity contribution in [2.75, 3.05) is 0 Å². The highest BCUT2D eigenvalue weighted by atomic mass is 16.7. The largest absolute Gasteiger partial charge is 0.461 e. The predicted octanol–water partition coefficient (Wildman–Crippen LogP) is 4.41. The number of aryl methyl sites for hydroxylation is 1. The van der Waals surface area contributed by atoms with E-state index in [0.717, 1.165) is 12.8 Å². The van der Waals surface area contributed by atoms with Crippen LogP contribution in [0.5, 0.6) is 0 Å². The van der Waals surface area contributed by atoms with E-state index in [0.29, 0.717) is 5.82 Å². The standard InChI is InChI=1S/C17H27BO2/c1-7-15(12-14-10-8-9-13(2)11-14)18-19-16(3,4)17(5,6)20-18/h8-11,15H,7,12H2,1-6H3. The van der Waals surface area contributed by atoms with Crippen molar-refractivity contribution in [2.45, 2.75) is 71.4 Å². The number of rotatable bonds is 4. The van der Waals surface area contributed by atoms with Crippen LogP contribution in [0.3, 0.4) is 0 Å². The molecule has 1 fully saturated rings. The van der Waals surface area contributed by atoms with Gasteiger partial charge in [-0.1, -0.05) is 43.2 Å². The van der Waals surface area contributed by atoms with E-state index in [-0.39, 0.29) is 18.3 Å². The van der Waals surface area contributed by atoms with Gasteiger partial charge in [0.15, 0.2) is 0 Å². The second-order valence-electron chi connectivity index (χ2n) is 6.99. The molecule has 1 aromatic carbocycles. The molecular formula is C17H27BO2. The lowest BCUT2D eigenvalue weighted by Crippen LogP contribution is -2.41. The molecule has 2 nitrogen and oxygen atoms in total. The van der Waals surface area contributed by atoms with Gasteiger partial charge in [0.1, 0.15) is 0 Å². The normalized spacial score (nSPS) is 22.0. The Kier molecular flexibility index (Phi) is 4.31. The van der Waals surface area contributed by atoms with E-state index in [1.54, 1.807) is 0 Å². The van der Waals surface area contributed by atoms with Crippen LogP contribution < -0.4 is 0 Å². The van der Waals surface area contributed by atoms with Gasteiger partial charge in [0.25, 0.3) is 0 Å². The van der Waals surface area contributed by atoms with Crippen molar-refractivity contribution in [3.05, 3.63) is 35.4 Å². The van der Waals surface area contributed by atoms with E-state index < -0.39 is 0 Å². The van der Waals surface area contributed by atoms with Crippen molar-refractivity contribution in [3.8, 4) is 0 Å². The first kappa shape index (κ1) is 15.6. The van der Waals surface area contributed by atoms with E-state index >= 15 is 0 Å². The van der Waals surface area contributed by atoms with Gasteiger partial charge in [-0.2, -0.15) is 0 Å². The fourth-order valence-corrected chi connectivity index (χ4v) is 2.66. The predicted molar refractivity (Wildman–Crippen MR) is 85.0 cm³/mol. The Morgan fingerprint density at radius 2 is 1.70 bits per heavy atom.